The van der Waals surface area contributed by atoms with Crippen LogP contribution in [-0.2, 0) is 4.79 Å². The van der Waals surface area contributed by atoms with Crippen molar-refractivity contribution in [2.45, 2.75) is 0 Å². The molecule has 1 aromatic carbocycles. The van der Waals surface area contributed by atoms with Gasteiger partial charge in [0.25, 0.3) is 0 Å². The Kier molecular flexibility index (Phi) is 2.86. The number of hydrazine groups is 1. The molecule has 0 aliphatic rings. The Labute approximate surface area is 75.4 Å². The Morgan fingerprint density at radius 2 is 1.85 bits per heavy atom. The lowest BCUT2D eigenvalue weighted by molar-refractivity contribution is -0.419. The van der Waals surface area contributed by atoms with Gasteiger partial charge >= 0.3 is 11.7 Å². The average molecular weight is 179 g/mol. The van der Waals surface area contributed by atoms with Crippen molar-refractivity contribution >= 4 is 17.4 Å². The third-order valence-electron chi connectivity index (χ3n) is 1.38. The van der Waals surface area contributed by atoms with Gasteiger partial charge in [0.05, 0.1) is 5.69 Å². The molecule has 0 bridgehead atoms. The van der Waals surface area contributed by atoms with Crippen LogP contribution in [0, 0.1) is 0 Å². The summed E-state index contributed by atoms with van der Waals surface area (Å²) in [4.78, 5) is 10.5. The van der Waals surface area contributed by atoms with Gasteiger partial charge in [0, 0.05) is 0 Å². The first kappa shape index (κ1) is 9.05. The highest BCUT2D eigenvalue weighted by Crippen LogP contribution is 2.00. The SMILES string of the molecule is NC(=O)C(N)=[NH+]Nc1ccccc1. The Bertz CT molecular complexity index is 320. The lowest BCUT2D eigenvalue weighted by Gasteiger charge is -1.96. The molecule has 0 saturated carbocycles. The maximum absolute atomic E-state index is 10.5. The van der Waals surface area contributed by atoms with E-state index in [1.807, 2.05) is 30.3 Å². The summed E-state index contributed by atoms with van der Waals surface area (Å²) in [5.41, 5.74) is 13.6. The smallest absolute Gasteiger partial charge is 0.354 e. The Balaban J connectivity index is 2.62. The second-order valence-corrected chi connectivity index (χ2v) is 2.39. The van der Waals surface area contributed by atoms with Gasteiger partial charge in [0.1, 0.15) is 0 Å². The fourth-order valence-corrected chi connectivity index (χ4v) is 0.723. The number of nitrogens with two attached hydrogens (primary N) is 2. The fourth-order valence-electron chi connectivity index (χ4n) is 0.723. The number of amidine groups is 1. The molecule has 0 heterocycles. The molecule has 0 aromatic heterocycles. The summed E-state index contributed by atoms with van der Waals surface area (Å²) < 4.78 is 0. The van der Waals surface area contributed by atoms with E-state index in [-0.39, 0.29) is 5.84 Å². The van der Waals surface area contributed by atoms with Crippen molar-refractivity contribution in [3.8, 4) is 0 Å². The molecule has 13 heavy (non-hydrogen) atoms. The first-order valence-corrected chi connectivity index (χ1v) is 3.69. The van der Waals surface area contributed by atoms with E-state index >= 15 is 0 Å². The predicted molar refractivity (Wildman–Crippen MR) is 49.4 cm³/mol. The van der Waals surface area contributed by atoms with E-state index in [4.69, 9.17) is 11.5 Å². The molecule has 0 aliphatic carbocycles. The predicted octanol–water partition coefficient (Wildman–Crippen LogP) is -2.06. The lowest BCUT2D eigenvalue weighted by Crippen LogP contribution is -2.82. The van der Waals surface area contributed by atoms with Crippen LogP contribution in [0.25, 0.3) is 0 Å². The van der Waals surface area contributed by atoms with Crippen molar-refractivity contribution in [1.82, 2.24) is 0 Å². The summed E-state index contributed by atoms with van der Waals surface area (Å²) in [5.74, 6) is -0.813. The molecule has 0 unspecified atom stereocenters. The molecule has 0 saturated heterocycles. The molecule has 0 radical (unpaired) electrons. The number of primary amides is 1. The Morgan fingerprint density at radius 1 is 1.23 bits per heavy atom. The Hall–Kier alpha value is -2.04. The zero-order valence-corrected chi connectivity index (χ0v) is 6.95. The molecule has 0 aliphatic heterocycles. The molecule has 5 heteroatoms. The van der Waals surface area contributed by atoms with Gasteiger partial charge in [-0.1, -0.05) is 18.2 Å². The molecule has 1 rings (SSSR count). The molecule has 6 N–H and O–H groups in total. The molecule has 0 atom stereocenters. The minimum Gasteiger partial charge on any atom is -0.359 e. The fraction of sp³-hybridized carbons (Fsp3) is 0. The van der Waals surface area contributed by atoms with Crippen LogP contribution in [-0.4, -0.2) is 11.7 Å². The monoisotopic (exact) mass is 179 g/mol. The molecule has 1 aromatic rings. The van der Waals surface area contributed by atoms with Gasteiger partial charge in [-0.3, -0.25) is 10.5 Å². The van der Waals surface area contributed by atoms with Crippen LogP contribution in [0.4, 0.5) is 5.69 Å². The van der Waals surface area contributed by atoms with Crippen LogP contribution in [0.2, 0.25) is 0 Å². The number of para-hydroxylation sites is 1. The number of hydrogen-bond donors (Lipinski definition) is 4. The number of carbonyl (C=O) groups excluding carboxylic acids is 1. The summed E-state index contributed by atoms with van der Waals surface area (Å²) in [6.45, 7) is 0. The number of nitrogens with one attached hydrogen (secondary N) is 2. The lowest BCUT2D eigenvalue weighted by atomic mass is 10.3. The molecular weight excluding hydrogens is 168 g/mol. The molecule has 1 amide bonds. The summed E-state index contributed by atoms with van der Waals surface area (Å²) in [6, 6.07) is 9.23. The summed E-state index contributed by atoms with van der Waals surface area (Å²) in [7, 11) is 0. The normalized spacial score (nSPS) is 10.9. The Morgan fingerprint density at radius 3 is 2.38 bits per heavy atom. The van der Waals surface area contributed by atoms with Crippen LogP contribution < -0.4 is 22.0 Å². The number of amides is 1. The summed E-state index contributed by atoms with van der Waals surface area (Å²) in [5, 5.41) is 2.47. The highest BCUT2D eigenvalue weighted by molar-refractivity contribution is 6.33. The van der Waals surface area contributed by atoms with Crippen LogP contribution in [0.1, 0.15) is 0 Å². The maximum Gasteiger partial charge on any atom is 0.354 e. The minimum atomic E-state index is -0.691. The molecule has 0 spiro atoms. The second-order valence-electron chi connectivity index (χ2n) is 2.39. The van der Waals surface area contributed by atoms with E-state index in [9.17, 15) is 4.79 Å². The van der Waals surface area contributed by atoms with E-state index in [1.165, 1.54) is 0 Å². The van der Waals surface area contributed by atoms with Crippen molar-refractivity contribution in [2.24, 2.45) is 11.5 Å². The maximum atomic E-state index is 10.5. The third kappa shape index (κ3) is 2.82. The number of hydrazone groups is 1. The molecular formula is C8H11N4O+. The van der Waals surface area contributed by atoms with Crippen molar-refractivity contribution in [2.75, 3.05) is 5.43 Å². The standard InChI is InChI=1S/C8H10N4O/c9-7(8(10)13)12-11-6-4-2-1-3-5-6/h1-5,11H,(H2,9,12)(H2,10,13)/p+1. The van der Waals surface area contributed by atoms with E-state index in [2.05, 4.69) is 10.5 Å². The van der Waals surface area contributed by atoms with Crippen molar-refractivity contribution in [1.29, 1.82) is 0 Å². The van der Waals surface area contributed by atoms with E-state index in [1.54, 1.807) is 0 Å². The summed E-state index contributed by atoms with van der Waals surface area (Å²) in [6.07, 6.45) is 0. The van der Waals surface area contributed by atoms with Crippen LogP contribution in [0.3, 0.4) is 0 Å². The molecule has 0 fully saturated rings. The van der Waals surface area contributed by atoms with Crippen LogP contribution in [0.15, 0.2) is 30.3 Å². The molecule has 5 nitrogen and oxygen atoms in total. The van der Waals surface area contributed by atoms with Gasteiger partial charge < -0.3 is 5.73 Å². The van der Waals surface area contributed by atoms with E-state index in [0.29, 0.717) is 0 Å². The first-order chi connectivity index (χ1) is 6.20. The first-order valence-electron chi connectivity index (χ1n) is 3.69. The van der Waals surface area contributed by atoms with Gasteiger partial charge in [-0.15, -0.1) is 0 Å². The van der Waals surface area contributed by atoms with Gasteiger partial charge in [0.15, 0.2) is 0 Å². The third-order valence-corrected chi connectivity index (χ3v) is 1.38. The topological polar surface area (TPSA) is 95.1 Å². The minimum absolute atomic E-state index is 0.121. The number of hydrogen-bond acceptors (Lipinski definition) is 2. The van der Waals surface area contributed by atoms with Gasteiger partial charge in [-0.2, -0.15) is 5.10 Å². The van der Waals surface area contributed by atoms with Crippen molar-refractivity contribution < 1.29 is 9.90 Å². The number of rotatable bonds is 2. The average Bonchev–Trinajstić information content (AvgIpc) is 2.15. The van der Waals surface area contributed by atoms with E-state index in [0.717, 1.165) is 5.69 Å². The van der Waals surface area contributed by atoms with Crippen LogP contribution in [0.5, 0.6) is 0 Å². The quantitative estimate of drug-likeness (QED) is 0.239. The van der Waals surface area contributed by atoms with Gasteiger partial charge in [-0.05, 0) is 12.1 Å². The number of anilines is 1. The zero-order chi connectivity index (χ0) is 9.68. The largest absolute Gasteiger partial charge is 0.359 e. The number of benzene rings is 1. The van der Waals surface area contributed by atoms with Crippen LogP contribution >= 0.6 is 0 Å². The van der Waals surface area contributed by atoms with Crippen molar-refractivity contribution in [3.05, 3.63) is 30.3 Å². The second kappa shape index (κ2) is 4.10. The van der Waals surface area contributed by atoms with Gasteiger partial charge in [0.2, 0.25) is 0 Å². The highest BCUT2D eigenvalue weighted by Gasteiger charge is 2.05. The van der Waals surface area contributed by atoms with Gasteiger partial charge in [-0.25, -0.2) is 5.43 Å². The zero-order valence-electron chi connectivity index (χ0n) is 6.95. The van der Waals surface area contributed by atoms with E-state index < -0.39 is 5.91 Å². The molecule has 68 valence electrons. The van der Waals surface area contributed by atoms with Crippen molar-refractivity contribution in [3.63, 3.8) is 0 Å². The number of carbonyl (C=O) groups is 1. The highest BCUT2D eigenvalue weighted by atomic mass is 16.1. The summed E-state index contributed by atoms with van der Waals surface area (Å²) >= 11 is 0.